The number of aryl methyl sites for hydroxylation is 2. The van der Waals surface area contributed by atoms with Gasteiger partial charge in [-0.2, -0.15) is 23.4 Å². The number of rotatable bonds is 20. The Morgan fingerprint density at radius 3 is 2.19 bits per heavy atom. The van der Waals surface area contributed by atoms with Crippen LogP contribution in [-0.4, -0.2) is 168 Å². The van der Waals surface area contributed by atoms with Gasteiger partial charge < -0.3 is 44.3 Å². The lowest BCUT2D eigenvalue weighted by Crippen LogP contribution is -2.54. The zero-order valence-corrected chi connectivity index (χ0v) is 42.0. The van der Waals surface area contributed by atoms with Crippen molar-refractivity contribution in [1.82, 2.24) is 44.9 Å². The van der Waals surface area contributed by atoms with Crippen molar-refractivity contribution in [1.29, 1.82) is 0 Å². The Morgan fingerprint density at radius 2 is 1.51 bits per heavy atom. The zero-order chi connectivity index (χ0) is 52.8. The first kappa shape index (κ1) is 53.0. The number of halogens is 3. The molecule has 75 heavy (non-hydrogen) atoms. The summed E-state index contributed by atoms with van der Waals surface area (Å²) < 4.78 is 70.2. The van der Waals surface area contributed by atoms with E-state index in [1.54, 1.807) is 49.5 Å². The van der Waals surface area contributed by atoms with E-state index in [0.717, 1.165) is 21.7 Å². The van der Waals surface area contributed by atoms with Gasteiger partial charge in [0.05, 0.1) is 94.7 Å². The fourth-order valence-electron chi connectivity index (χ4n) is 10.5. The Bertz CT molecular complexity index is 2790. The molecule has 9 rings (SSSR count). The summed E-state index contributed by atoms with van der Waals surface area (Å²) in [5.74, 6) is -1.68. The number of fused-ring (bicyclic) bond motifs is 3. The molecule has 3 N–H and O–H groups in total. The van der Waals surface area contributed by atoms with Gasteiger partial charge in [-0.05, 0) is 73.6 Å². The molecular weight excluding hydrogens is 984 g/mol. The van der Waals surface area contributed by atoms with E-state index in [9.17, 15) is 41.9 Å². The van der Waals surface area contributed by atoms with Gasteiger partial charge in [0.15, 0.2) is 5.82 Å². The smallest absolute Gasteiger partial charge is 0.383 e. The van der Waals surface area contributed by atoms with E-state index >= 15 is 0 Å². The highest BCUT2D eigenvalue weighted by Crippen LogP contribution is 2.46. The molecule has 5 aliphatic heterocycles. The van der Waals surface area contributed by atoms with Crippen LogP contribution in [0.3, 0.4) is 0 Å². The molecule has 2 saturated heterocycles. The van der Waals surface area contributed by atoms with Gasteiger partial charge in [0.2, 0.25) is 17.7 Å². The number of ether oxygens (including phenoxy) is 4. The number of piperidine rings is 2. The van der Waals surface area contributed by atoms with Gasteiger partial charge in [0.25, 0.3) is 11.8 Å². The number of aromatic nitrogens is 4. The number of alkyl halides is 3. The molecule has 0 aliphatic carbocycles. The van der Waals surface area contributed by atoms with E-state index in [1.165, 1.54) is 16.9 Å². The fraction of sp³-hybridized carbons (Fsp3) is 0.529. The monoisotopic (exact) mass is 1050 g/mol. The molecule has 0 saturated carbocycles. The van der Waals surface area contributed by atoms with E-state index in [2.05, 4.69) is 21.0 Å². The number of nitrogens with one attached hydrogen (secondary N) is 3. The molecule has 4 aromatic rings. The predicted octanol–water partition coefficient (Wildman–Crippen LogP) is 4.22. The average molecular weight is 1050 g/mol. The minimum absolute atomic E-state index is 0.0151. The summed E-state index contributed by atoms with van der Waals surface area (Å²) in [4.78, 5) is 82.3. The molecule has 0 radical (unpaired) electrons. The van der Waals surface area contributed by atoms with Crippen LogP contribution in [0.5, 0.6) is 0 Å². The lowest BCUT2D eigenvalue weighted by Gasteiger charge is -2.34. The lowest BCUT2D eigenvalue weighted by molar-refractivity contribution is -0.137. The van der Waals surface area contributed by atoms with Crippen LogP contribution in [0.4, 0.5) is 35.2 Å². The highest BCUT2D eigenvalue weighted by molar-refractivity contribution is 6.23. The Labute approximate surface area is 430 Å². The zero-order valence-electron chi connectivity index (χ0n) is 42.0. The summed E-state index contributed by atoms with van der Waals surface area (Å²) in [6, 6.07) is 6.36. The maximum atomic E-state index is 14.8. The number of benzene rings is 2. The van der Waals surface area contributed by atoms with Crippen LogP contribution in [0.2, 0.25) is 0 Å². The van der Waals surface area contributed by atoms with Gasteiger partial charge in [0, 0.05) is 94.1 Å². The minimum Gasteiger partial charge on any atom is -0.383 e. The lowest BCUT2D eigenvalue weighted by atomic mass is 9.92. The molecule has 2 aromatic heterocycles. The van der Waals surface area contributed by atoms with Crippen LogP contribution in [0.25, 0.3) is 11.1 Å². The van der Waals surface area contributed by atoms with Crippen molar-refractivity contribution in [3.8, 4) is 11.1 Å². The van der Waals surface area contributed by atoms with Crippen LogP contribution in [-0.2, 0) is 65.9 Å². The van der Waals surface area contributed by atoms with Crippen LogP contribution in [0.1, 0.15) is 87.7 Å². The third-order valence-electron chi connectivity index (χ3n) is 14.2. The number of hydrogen-bond acceptors (Lipinski definition) is 14. The maximum absolute atomic E-state index is 14.8. The summed E-state index contributed by atoms with van der Waals surface area (Å²) in [7, 11) is 3.24. The number of amides is 7. The van der Waals surface area contributed by atoms with Gasteiger partial charge in [-0.1, -0.05) is 0 Å². The number of carbonyl (C=O) groups excluding carboxylic acids is 6. The van der Waals surface area contributed by atoms with Crippen LogP contribution in [0.15, 0.2) is 42.7 Å². The highest BCUT2D eigenvalue weighted by atomic mass is 19.4. The summed E-state index contributed by atoms with van der Waals surface area (Å²) in [6.07, 6.45) is 1.89. The predicted molar refractivity (Wildman–Crippen MR) is 264 cm³/mol. The number of carbonyl (C=O) groups is 6. The van der Waals surface area contributed by atoms with Crippen molar-refractivity contribution in [2.75, 3.05) is 103 Å². The second-order valence-corrected chi connectivity index (χ2v) is 19.0. The largest absolute Gasteiger partial charge is 0.417 e. The molecule has 402 valence electrons. The third-order valence-corrected chi connectivity index (χ3v) is 14.2. The quantitative estimate of drug-likeness (QED) is 0.0834. The molecule has 7 amide bonds. The first-order valence-electron chi connectivity index (χ1n) is 25.5. The highest BCUT2D eigenvalue weighted by Gasteiger charge is 2.45. The maximum Gasteiger partial charge on any atom is 0.417 e. The van der Waals surface area contributed by atoms with Crippen LogP contribution < -0.4 is 20.9 Å². The van der Waals surface area contributed by atoms with Crippen molar-refractivity contribution in [3.05, 3.63) is 76.2 Å². The summed E-state index contributed by atoms with van der Waals surface area (Å²) in [5, 5.41) is 17.3. The fourth-order valence-corrected chi connectivity index (χ4v) is 10.5. The van der Waals surface area contributed by atoms with Crippen molar-refractivity contribution in [3.63, 3.8) is 0 Å². The SMILES string of the molecule is CNC(=O)N1CCc2c(c(N3CCCc4cc(-c5cnn(C)c5)c(C(F)(F)F)cc43)nn2C2CCN(C(=O)CCOCCOCCOCCOCCNc3ccc4c(c3)C(=O)N(C3CCC(=O)NC3=O)C4=O)CC2)C1. The molecule has 0 spiro atoms. The van der Waals surface area contributed by atoms with E-state index < -0.39 is 41.4 Å². The molecule has 1 atom stereocenters. The van der Waals surface area contributed by atoms with Crippen LogP contribution >= 0.6 is 0 Å². The standard InChI is InChI=1S/C51H62F3N11O10/c1-55-50(71)62-17-11-41-39(31-62)46(63-14-3-4-32-26-37(33-29-57-60(2)30-33)40(28-43(32)63)51(52,53)54)59-65(41)35-9-15-61(16-10-35)45(67)12-18-72-20-22-74-24-25-75-23-21-73-19-13-56-34-5-6-36-38(27-34)49(70)64(48(36)69)42-7-8-44(66)58-47(42)68/h5-6,26-30,35,42,56H,3-4,7-25,31H2,1-2H3,(H,55,71)(H,58,66,68). The second kappa shape index (κ2) is 23.3. The van der Waals surface area contributed by atoms with E-state index in [-0.39, 0.29) is 67.1 Å². The van der Waals surface area contributed by atoms with Gasteiger partial charge in [-0.15, -0.1) is 0 Å². The molecular formula is C51H62F3N11O10. The average Bonchev–Trinajstić information content (AvgIpc) is 4.11. The number of anilines is 3. The molecule has 21 nitrogen and oxygen atoms in total. The van der Waals surface area contributed by atoms with E-state index in [0.29, 0.717) is 134 Å². The van der Waals surface area contributed by atoms with Crippen molar-refractivity contribution >= 4 is 52.8 Å². The molecule has 5 aliphatic rings. The van der Waals surface area contributed by atoms with Gasteiger partial charge in [0.1, 0.15) is 6.04 Å². The van der Waals surface area contributed by atoms with Crippen molar-refractivity contribution in [2.24, 2.45) is 7.05 Å². The molecule has 0 bridgehead atoms. The molecule has 1 unspecified atom stereocenters. The molecule has 2 fully saturated rings. The van der Waals surface area contributed by atoms with Crippen LogP contribution in [0, 0.1) is 0 Å². The Morgan fingerprint density at radius 1 is 0.800 bits per heavy atom. The first-order chi connectivity index (χ1) is 36.2. The van der Waals surface area contributed by atoms with Crippen molar-refractivity contribution in [2.45, 2.75) is 76.2 Å². The molecule has 7 heterocycles. The van der Waals surface area contributed by atoms with E-state index in [1.807, 2.05) is 14.5 Å². The van der Waals surface area contributed by atoms with Gasteiger partial charge in [-0.3, -0.25) is 43.6 Å². The minimum atomic E-state index is -4.62. The number of imide groups is 2. The Kier molecular flexibility index (Phi) is 16.5. The Balaban J connectivity index is 0.668. The number of urea groups is 1. The summed E-state index contributed by atoms with van der Waals surface area (Å²) in [6.45, 7) is 5.30. The molecule has 2 aromatic carbocycles. The Hall–Kier alpha value is -6.89. The summed E-state index contributed by atoms with van der Waals surface area (Å²) >= 11 is 0. The molecule has 24 heteroatoms. The van der Waals surface area contributed by atoms with E-state index in [4.69, 9.17) is 24.0 Å². The first-order valence-corrected chi connectivity index (χ1v) is 25.5. The van der Waals surface area contributed by atoms with Gasteiger partial charge >= 0.3 is 12.2 Å². The normalized spacial score (nSPS) is 18.1. The third kappa shape index (κ3) is 11.8. The van der Waals surface area contributed by atoms with Gasteiger partial charge in [-0.25, -0.2) is 4.79 Å². The second-order valence-electron chi connectivity index (χ2n) is 19.0. The number of likely N-dealkylation sites (tertiary alicyclic amines) is 1. The summed E-state index contributed by atoms with van der Waals surface area (Å²) in [5.41, 5.74) is 3.77. The topological polar surface area (TPSA) is 224 Å². The number of nitrogens with zero attached hydrogens (tertiary/aromatic N) is 8. The number of hydrogen-bond donors (Lipinski definition) is 3. The van der Waals surface area contributed by atoms with Crippen molar-refractivity contribution < 1.29 is 60.9 Å².